The van der Waals surface area contributed by atoms with Crippen molar-refractivity contribution in [2.24, 2.45) is 0 Å². The Morgan fingerprint density at radius 2 is 2.23 bits per heavy atom. The molecule has 6 heteroatoms. The average Bonchev–Trinajstić information content (AvgIpc) is 2.87. The molecule has 112 valence electrons. The van der Waals surface area contributed by atoms with Gasteiger partial charge in [0.1, 0.15) is 11.5 Å². The van der Waals surface area contributed by atoms with Gasteiger partial charge in [0, 0.05) is 18.1 Å². The lowest BCUT2D eigenvalue weighted by molar-refractivity contribution is -0.115. The molecular weight excluding hydrogens is 305 g/mol. The van der Waals surface area contributed by atoms with E-state index in [0.717, 1.165) is 11.2 Å². The number of pyridine rings is 1. The van der Waals surface area contributed by atoms with Gasteiger partial charge in [0.15, 0.2) is 0 Å². The molecule has 4 nitrogen and oxygen atoms in total. The lowest BCUT2D eigenvalue weighted by Gasteiger charge is -2.04. The highest BCUT2D eigenvalue weighted by Crippen LogP contribution is 2.19. The first-order valence-corrected chi connectivity index (χ1v) is 7.09. The number of nitrogens with zero attached hydrogens (tertiary/aromatic N) is 2. The zero-order valence-corrected chi connectivity index (χ0v) is 12.6. The third-order valence-electron chi connectivity index (χ3n) is 3.27. The molecule has 0 spiro atoms. The number of benzene rings is 1. The minimum Gasteiger partial charge on any atom is -0.326 e. The lowest BCUT2D eigenvalue weighted by atomic mass is 10.2. The van der Waals surface area contributed by atoms with Crippen LogP contribution in [0.5, 0.6) is 0 Å². The average molecular weight is 318 g/mol. The van der Waals surface area contributed by atoms with E-state index in [1.54, 1.807) is 0 Å². The molecule has 2 heterocycles. The Hall–Kier alpha value is -2.40. The summed E-state index contributed by atoms with van der Waals surface area (Å²) >= 11 is 5.69. The molecule has 0 fully saturated rings. The van der Waals surface area contributed by atoms with Gasteiger partial charge in [-0.2, -0.15) is 0 Å². The Morgan fingerprint density at radius 1 is 1.41 bits per heavy atom. The summed E-state index contributed by atoms with van der Waals surface area (Å²) in [6, 6.07) is 7.95. The molecule has 0 bridgehead atoms. The first-order chi connectivity index (χ1) is 10.5. The molecule has 3 aromatic rings. The molecule has 0 aliphatic heterocycles. The van der Waals surface area contributed by atoms with Crippen molar-refractivity contribution < 1.29 is 9.18 Å². The van der Waals surface area contributed by atoms with Crippen LogP contribution in [0.15, 0.2) is 42.7 Å². The number of carbonyl (C=O) groups is 1. The summed E-state index contributed by atoms with van der Waals surface area (Å²) in [6.45, 7) is 1.96. The van der Waals surface area contributed by atoms with Crippen molar-refractivity contribution in [2.45, 2.75) is 13.3 Å². The highest BCUT2D eigenvalue weighted by Gasteiger charge is 2.10. The van der Waals surface area contributed by atoms with Crippen molar-refractivity contribution in [3.05, 3.63) is 64.8 Å². The number of carbonyl (C=O) groups excluding carboxylic acids is 1. The Bertz CT molecular complexity index is 860. The van der Waals surface area contributed by atoms with Gasteiger partial charge in [-0.3, -0.25) is 4.79 Å². The highest BCUT2D eigenvalue weighted by atomic mass is 35.5. The minimum atomic E-state index is -0.518. The smallest absolute Gasteiger partial charge is 0.230 e. The zero-order valence-electron chi connectivity index (χ0n) is 11.8. The van der Waals surface area contributed by atoms with Crippen LogP contribution in [0.25, 0.3) is 5.65 Å². The standard InChI is InChI=1S/C16H13ClFN3O/c1-10-3-2-6-21-9-12(20-16(10)21)8-15(22)19-11-4-5-14(18)13(17)7-11/h2-7,9H,8H2,1H3,(H,19,22). The third-order valence-corrected chi connectivity index (χ3v) is 3.56. The number of aromatic nitrogens is 2. The Labute approximate surface area is 131 Å². The van der Waals surface area contributed by atoms with E-state index in [1.165, 1.54) is 18.2 Å². The maximum atomic E-state index is 13.1. The van der Waals surface area contributed by atoms with Crippen molar-refractivity contribution in [3.8, 4) is 0 Å². The number of fused-ring (bicyclic) bond motifs is 1. The molecular formula is C16H13ClFN3O. The van der Waals surface area contributed by atoms with Gasteiger partial charge in [0.05, 0.1) is 17.1 Å². The molecule has 0 aliphatic rings. The number of rotatable bonds is 3. The Kier molecular flexibility index (Phi) is 3.81. The monoisotopic (exact) mass is 317 g/mol. The van der Waals surface area contributed by atoms with Gasteiger partial charge in [-0.15, -0.1) is 0 Å². The number of aryl methyl sites for hydroxylation is 1. The molecule has 22 heavy (non-hydrogen) atoms. The van der Waals surface area contributed by atoms with E-state index in [4.69, 9.17) is 11.6 Å². The van der Waals surface area contributed by atoms with E-state index in [1.807, 2.05) is 35.9 Å². The van der Waals surface area contributed by atoms with Gasteiger partial charge in [-0.1, -0.05) is 17.7 Å². The molecule has 1 N–H and O–H groups in total. The summed E-state index contributed by atoms with van der Waals surface area (Å²) < 4.78 is 15.0. The van der Waals surface area contributed by atoms with Crippen LogP contribution in [0.2, 0.25) is 5.02 Å². The molecule has 3 rings (SSSR count). The van der Waals surface area contributed by atoms with Gasteiger partial charge in [0.25, 0.3) is 0 Å². The zero-order chi connectivity index (χ0) is 15.7. The molecule has 1 aromatic carbocycles. The number of nitrogens with one attached hydrogen (secondary N) is 1. The van der Waals surface area contributed by atoms with Gasteiger partial charge in [0.2, 0.25) is 5.91 Å². The van der Waals surface area contributed by atoms with Crippen LogP contribution < -0.4 is 5.32 Å². The number of anilines is 1. The number of hydrogen-bond donors (Lipinski definition) is 1. The number of hydrogen-bond acceptors (Lipinski definition) is 2. The van der Waals surface area contributed by atoms with Gasteiger partial charge >= 0.3 is 0 Å². The van der Waals surface area contributed by atoms with Gasteiger partial charge in [-0.05, 0) is 36.8 Å². The van der Waals surface area contributed by atoms with Crippen LogP contribution >= 0.6 is 11.6 Å². The molecule has 0 saturated carbocycles. The fraction of sp³-hybridized carbons (Fsp3) is 0.125. The normalized spacial score (nSPS) is 10.9. The molecule has 0 saturated heterocycles. The molecule has 1 amide bonds. The Morgan fingerprint density at radius 3 is 2.95 bits per heavy atom. The predicted octanol–water partition coefficient (Wildman–Crippen LogP) is 3.62. The first-order valence-electron chi connectivity index (χ1n) is 6.71. The second kappa shape index (κ2) is 5.77. The summed E-state index contributed by atoms with van der Waals surface area (Å²) in [5, 5.41) is 2.65. The fourth-order valence-corrected chi connectivity index (χ4v) is 2.41. The van der Waals surface area contributed by atoms with Crippen LogP contribution in [0.3, 0.4) is 0 Å². The van der Waals surface area contributed by atoms with E-state index in [0.29, 0.717) is 11.4 Å². The largest absolute Gasteiger partial charge is 0.326 e. The van der Waals surface area contributed by atoms with Crippen molar-refractivity contribution in [3.63, 3.8) is 0 Å². The fourth-order valence-electron chi connectivity index (χ4n) is 2.23. The van der Waals surface area contributed by atoms with E-state index >= 15 is 0 Å². The van der Waals surface area contributed by atoms with Crippen LogP contribution in [0.1, 0.15) is 11.3 Å². The SMILES string of the molecule is Cc1cccn2cc(CC(=O)Nc3ccc(F)c(Cl)c3)nc12. The minimum absolute atomic E-state index is 0.0267. The van der Waals surface area contributed by atoms with E-state index in [-0.39, 0.29) is 17.4 Å². The van der Waals surface area contributed by atoms with Gasteiger partial charge in [-0.25, -0.2) is 9.37 Å². The highest BCUT2D eigenvalue weighted by molar-refractivity contribution is 6.31. The topological polar surface area (TPSA) is 46.4 Å². The summed E-state index contributed by atoms with van der Waals surface area (Å²) in [6.07, 6.45) is 3.84. The summed E-state index contributed by atoms with van der Waals surface area (Å²) in [4.78, 5) is 16.5. The third kappa shape index (κ3) is 2.94. The second-order valence-corrected chi connectivity index (χ2v) is 5.42. The number of imidazole rings is 1. The lowest BCUT2D eigenvalue weighted by Crippen LogP contribution is -2.14. The second-order valence-electron chi connectivity index (χ2n) is 5.01. The summed E-state index contributed by atoms with van der Waals surface area (Å²) in [5.74, 6) is -0.751. The van der Waals surface area contributed by atoms with Crippen LogP contribution in [0, 0.1) is 12.7 Å². The first kappa shape index (κ1) is 14.5. The maximum absolute atomic E-state index is 13.1. The quantitative estimate of drug-likeness (QED) is 0.802. The van der Waals surface area contributed by atoms with E-state index in [9.17, 15) is 9.18 Å². The molecule has 0 unspecified atom stereocenters. The molecule has 2 aromatic heterocycles. The molecule has 0 radical (unpaired) electrons. The Balaban J connectivity index is 1.75. The predicted molar refractivity (Wildman–Crippen MR) is 83.7 cm³/mol. The summed E-state index contributed by atoms with van der Waals surface area (Å²) in [7, 11) is 0. The van der Waals surface area contributed by atoms with Crippen molar-refractivity contribution in [2.75, 3.05) is 5.32 Å². The maximum Gasteiger partial charge on any atom is 0.230 e. The molecule has 0 aliphatic carbocycles. The van der Waals surface area contributed by atoms with Crippen LogP contribution in [-0.2, 0) is 11.2 Å². The number of halogens is 2. The van der Waals surface area contributed by atoms with Crippen LogP contribution in [0.4, 0.5) is 10.1 Å². The van der Waals surface area contributed by atoms with Gasteiger partial charge < -0.3 is 9.72 Å². The molecule has 0 atom stereocenters. The van der Waals surface area contributed by atoms with Crippen molar-refractivity contribution in [1.29, 1.82) is 0 Å². The van der Waals surface area contributed by atoms with Crippen LogP contribution in [-0.4, -0.2) is 15.3 Å². The van der Waals surface area contributed by atoms with Crippen molar-refractivity contribution in [1.82, 2.24) is 9.38 Å². The van der Waals surface area contributed by atoms with Crippen molar-refractivity contribution >= 4 is 28.8 Å². The van der Waals surface area contributed by atoms with E-state index in [2.05, 4.69) is 10.3 Å². The summed E-state index contributed by atoms with van der Waals surface area (Å²) in [5.41, 5.74) is 2.99. The number of amides is 1. The van der Waals surface area contributed by atoms with E-state index < -0.39 is 5.82 Å².